The van der Waals surface area contributed by atoms with E-state index in [-0.39, 0.29) is 6.42 Å². The van der Waals surface area contributed by atoms with E-state index in [1.165, 1.54) is 25.7 Å². The quantitative estimate of drug-likeness (QED) is 0.509. The third-order valence-electron chi connectivity index (χ3n) is 4.02. The molecule has 0 fully saturated rings. The van der Waals surface area contributed by atoms with E-state index in [4.69, 9.17) is 4.74 Å². The maximum atomic E-state index is 12.2. The molecular weight excluding hydrogens is 331 g/mol. The minimum atomic E-state index is -4.74. The lowest BCUT2D eigenvalue weighted by Crippen LogP contribution is -2.25. The molecule has 25 heavy (non-hydrogen) atoms. The van der Waals surface area contributed by atoms with Crippen molar-refractivity contribution in [3.8, 4) is 5.75 Å². The summed E-state index contributed by atoms with van der Waals surface area (Å²) in [4.78, 5) is 13.1. The van der Waals surface area contributed by atoms with Crippen LogP contribution in [-0.2, 0) is 11.2 Å². The zero-order chi connectivity index (χ0) is 18.7. The summed E-state index contributed by atoms with van der Waals surface area (Å²) in [7, 11) is 2.07. The van der Waals surface area contributed by atoms with E-state index in [9.17, 15) is 18.0 Å². The van der Waals surface area contributed by atoms with Crippen molar-refractivity contribution in [3.63, 3.8) is 0 Å². The molecule has 0 aromatic heterocycles. The summed E-state index contributed by atoms with van der Waals surface area (Å²) in [5.41, 5.74) is 0.693. The number of carbonyl (C=O) groups excluding carboxylic acids is 1. The molecule has 1 rings (SSSR count). The van der Waals surface area contributed by atoms with Crippen molar-refractivity contribution in [2.24, 2.45) is 0 Å². The van der Waals surface area contributed by atoms with E-state index in [2.05, 4.69) is 18.9 Å². The monoisotopic (exact) mass is 359 g/mol. The molecule has 0 aliphatic carbocycles. The van der Waals surface area contributed by atoms with Crippen LogP contribution in [0.2, 0.25) is 0 Å². The second kappa shape index (κ2) is 11.1. The van der Waals surface area contributed by atoms with Crippen LogP contribution in [0.15, 0.2) is 24.3 Å². The van der Waals surface area contributed by atoms with Crippen LogP contribution in [0.1, 0.15) is 44.6 Å². The van der Waals surface area contributed by atoms with Gasteiger partial charge in [0.15, 0.2) is 0 Å². The highest BCUT2D eigenvalue weighted by Gasteiger charge is 2.37. The maximum Gasteiger partial charge on any atom is 0.449 e. The van der Waals surface area contributed by atoms with Gasteiger partial charge in [0.2, 0.25) is 5.78 Å². The normalized spacial score (nSPS) is 11.8. The van der Waals surface area contributed by atoms with E-state index < -0.39 is 18.4 Å². The molecule has 0 heterocycles. The number of ether oxygens (including phenoxy) is 1. The Bertz CT molecular complexity index is 500. The Balaban J connectivity index is 2.25. The minimum Gasteiger partial charge on any atom is -0.492 e. The number of benzene rings is 1. The average Bonchev–Trinajstić information content (AvgIpc) is 2.57. The zero-order valence-electron chi connectivity index (χ0n) is 15.1. The molecule has 0 saturated carbocycles. The predicted molar refractivity (Wildman–Crippen MR) is 93.0 cm³/mol. The van der Waals surface area contributed by atoms with Gasteiger partial charge in [0.05, 0.1) is 0 Å². The molecule has 142 valence electrons. The molecule has 0 amide bonds. The SMILES string of the molecule is CCCCCCN(C)CCOc1ccc(CCC(=O)C(F)(F)F)cc1. The number of aryl methyl sites for hydroxylation is 1. The van der Waals surface area contributed by atoms with Crippen molar-refractivity contribution in [1.29, 1.82) is 0 Å². The number of Topliss-reactive ketones (excluding diaryl/α,β-unsaturated/α-hetero) is 1. The molecule has 1 aromatic rings. The lowest BCUT2D eigenvalue weighted by atomic mass is 10.1. The number of unbranched alkanes of at least 4 members (excludes halogenated alkanes) is 3. The summed E-state index contributed by atoms with van der Waals surface area (Å²) in [5, 5.41) is 0. The lowest BCUT2D eigenvalue weighted by molar-refractivity contribution is -0.171. The first-order valence-corrected chi connectivity index (χ1v) is 8.83. The molecule has 0 bridgehead atoms. The van der Waals surface area contributed by atoms with Gasteiger partial charge < -0.3 is 9.64 Å². The molecule has 3 nitrogen and oxygen atoms in total. The number of carbonyl (C=O) groups is 1. The van der Waals surface area contributed by atoms with Crippen molar-refractivity contribution in [2.75, 3.05) is 26.7 Å². The molecule has 0 N–H and O–H groups in total. The number of ketones is 1. The van der Waals surface area contributed by atoms with Crippen LogP contribution in [0, 0.1) is 0 Å². The number of alkyl halides is 3. The van der Waals surface area contributed by atoms with Crippen LogP contribution >= 0.6 is 0 Å². The average molecular weight is 359 g/mol. The topological polar surface area (TPSA) is 29.5 Å². The Morgan fingerprint density at radius 1 is 1.08 bits per heavy atom. The van der Waals surface area contributed by atoms with E-state index in [0.29, 0.717) is 17.9 Å². The van der Waals surface area contributed by atoms with Crippen molar-refractivity contribution >= 4 is 5.78 Å². The van der Waals surface area contributed by atoms with Crippen LogP contribution in [0.4, 0.5) is 13.2 Å². The second-order valence-electron chi connectivity index (χ2n) is 6.28. The minimum absolute atomic E-state index is 0.0825. The Labute approximate surface area is 148 Å². The van der Waals surface area contributed by atoms with Crippen molar-refractivity contribution in [3.05, 3.63) is 29.8 Å². The zero-order valence-corrected chi connectivity index (χ0v) is 15.1. The number of nitrogens with zero attached hydrogens (tertiary/aromatic N) is 1. The van der Waals surface area contributed by atoms with Gasteiger partial charge in [0, 0.05) is 13.0 Å². The Morgan fingerprint density at radius 2 is 1.76 bits per heavy atom. The van der Waals surface area contributed by atoms with E-state index >= 15 is 0 Å². The molecule has 0 aliphatic rings. The predicted octanol–water partition coefficient (Wildman–Crippen LogP) is 4.64. The largest absolute Gasteiger partial charge is 0.492 e. The van der Waals surface area contributed by atoms with Crippen molar-refractivity contribution < 1.29 is 22.7 Å². The second-order valence-corrected chi connectivity index (χ2v) is 6.28. The maximum absolute atomic E-state index is 12.2. The standard InChI is InChI=1S/C19H28F3NO2/c1-3-4-5-6-13-23(2)14-15-25-17-10-7-16(8-11-17)9-12-18(24)19(20,21)22/h7-8,10-11H,3-6,9,12-15H2,1-2H3. The summed E-state index contributed by atoms with van der Waals surface area (Å²) in [6.07, 6.45) is -0.245. The molecule has 0 spiro atoms. The van der Waals surface area contributed by atoms with Crippen LogP contribution in [0.5, 0.6) is 5.75 Å². The number of likely N-dealkylation sites (N-methyl/N-ethyl adjacent to an activating group) is 1. The van der Waals surface area contributed by atoms with E-state index in [1.807, 2.05) is 0 Å². The lowest BCUT2D eigenvalue weighted by Gasteiger charge is -2.16. The van der Waals surface area contributed by atoms with Gasteiger partial charge >= 0.3 is 6.18 Å². The first-order valence-electron chi connectivity index (χ1n) is 8.83. The van der Waals surface area contributed by atoms with Gasteiger partial charge in [-0.15, -0.1) is 0 Å². The molecule has 0 saturated heterocycles. The van der Waals surface area contributed by atoms with Crippen LogP contribution in [-0.4, -0.2) is 43.6 Å². The fourth-order valence-electron chi connectivity index (χ4n) is 2.39. The summed E-state index contributed by atoms with van der Waals surface area (Å²) in [6, 6.07) is 6.87. The third kappa shape index (κ3) is 9.48. The van der Waals surface area contributed by atoms with Crippen molar-refractivity contribution in [2.45, 2.75) is 51.6 Å². The van der Waals surface area contributed by atoms with Crippen LogP contribution in [0.3, 0.4) is 0 Å². The molecule has 0 unspecified atom stereocenters. The molecule has 0 atom stereocenters. The van der Waals surface area contributed by atoms with E-state index in [1.54, 1.807) is 24.3 Å². The van der Waals surface area contributed by atoms with Crippen LogP contribution in [0.25, 0.3) is 0 Å². The highest BCUT2D eigenvalue weighted by molar-refractivity contribution is 5.84. The summed E-state index contributed by atoms with van der Waals surface area (Å²) in [6.45, 7) is 4.64. The first-order chi connectivity index (χ1) is 11.8. The Morgan fingerprint density at radius 3 is 2.36 bits per heavy atom. The summed E-state index contributed by atoms with van der Waals surface area (Å²) >= 11 is 0. The highest BCUT2D eigenvalue weighted by atomic mass is 19.4. The van der Waals surface area contributed by atoms with Gasteiger partial charge in [0.1, 0.15) is 12.4 Å². The number of halogens is 3. The molecule has 6 heteroatoms. The number of rotatable bonds is 12. The van der Waals surface area contributed by atoms with Gasteiger partial charge in [-0.2, -0.15) is 13.2 Å². The number of hydrogen-bond acceptors (Lipinski definition) is 3. The van der Waals surface area contributed by atoms with Gasteiger partial charge in [-0.05, 0) is 44.1 Å². The summed E-state index contributed by atoms with van der Waals surface area (Å²) in [5.74, 6) is -1.000. The molecule has 0 aliphatic heterocycles. The highest BCUT2D eigenvalue weighted by Crippen LogP contribution is 2.20. The third-order valence-corrected chi connectivity index (χ3v) is 4.02. The Hall–Kier alpha value is -1.56. The molecule has 0 radical (unpaired) electrons. The van der Waals surface area contributed by atoms with Gasteiger partial charge in [0.25, 0.3) is 0 Å². The smallest absolute Gasteiger partial charge is 0.449 e. The van der Waals surface area contributed by atoms with Gasteiger partial charge in [-0.1, -0.05) is 38.3 Å². The van der Waals surface area contributed by atoms with Crippen LogP contribution < -0.4 is 4.74 Å². The fraction of sp³-hybridized carbons (Fsp3) is 0.632. The van der Waals surface area contributed by atoms with Gasteiger partial charge in [-0.3, -0.25) is 4.79 Å². The van der Waals surface area contributed by atoms with E-state index in [0.717, 1.165) is 13.1 Å². The first kappa shape index (κ1) is 21.5. The van der Waals surface area contributed by atoms with Crippen molar-refractivity contribution in [1.82, 2.24) is 4.90 Å². The molecular formula is C19H28F3NO2. The Kier molecular flexibility index (Phi) is 9.57. The number of hydrogen-bond donors (Lipinski definition) is 0. The summed E-state index contributed by atoms with van der Waals surface area (Å²) < 4.78 is 42.1. The van der Waals surface area contributed by atoms with Gasteiger partial charge in [-0.25, -0.2) is 0 Å². The molecule has 1 aromatic carbocycles. The fourth-order valence-corrected chi connectivity index (χ4v) is 2.39.